The van der Waals surface area contributed by atoms with Crippen LogP contribution in [0.15, 0.2) is 24.4 Å². The van der Waals surface area contributed by atoms with Gasteiger partial charge < -0.3 is 10.1 Å². The minimum absolute atomic E-state index is 0.0298. The van der Waals surface area contributed by atoms with Crippen LogP contribution in [0.3, 0.4) is 0 Å². The Morgan fingerprint density at radius 2 is 2.30 bits per heavy atom. The standard InChI is InChI=1S/C13H14N4O3/c1-9-3-4-12(20-2)11(5-9)14-13(19)7-17-6-10(8-18)15-16-17/h3-6,8H,7H2,1-2H3,(H,14,19). The molecular formula is C13H14N4O3. The maximum absolute atomic E-state index is 11.9. The van der Waals surface area contributed by atoms with Crippen LogP contribution in [0, 0.1) is 6.92 Å². The summed E-state index contributed by atoms with van der Waals surface area (Å²) in [5, 5.41) is 9.99. The lowest BCUT2D eigenvalue weighted by atomic mass is 10.2. The van der Waals surface area contributed by atoms with E-state index < -0.39 is 0 Å². The second-order valence-corrected chi connectivity index (χ2v) is 4.21. The van der Waals surface area contributed by atoms with Gasteiger partial charge in [0.25, 0.3) is 0 Å². The van der Waals surface area contributed by atoms with Crippen LogP contribution >= 0.6 is 0 Å². The highest BCUT2D eigenvalue weighted by atomic mass is 16.5. The number of benzene rings is 1. The number of carbonyl (C=O) groups is 2. The van der Waals surface area contributed by atoms with E-state index in [0.29, 0.717) is 17.7 Å². The molecule has 20 heavy (non-hydrogen) atoms. The van der Waals surface area contributed by atoms with Gasteiger partial charge in [0.2, 0.25) is 5.91 Å². The highest BCUT2D eigenvalue weighted by molar-refractivity contribution is 5.92. The van der Waals surface area contributed by atoms with Crippen LogP contribution in [0.25, 0.3) is 0 Å². The number of rotatable bonds is 5. The minimum atomic E-state index is -0.281. The third-order valence-electron chi connectivity index (χ3n) is 2.61. The Labute approximate surface area is 115 Å². The van der Waals surface area contributed by atoms with Crippen LogP contribution in [0.1, 0.15) is 16.1 Å². The van der Waals surface area contributed by atoms with Crippen molar-refractivity contribution in [1.29, 1.82) is 0 Å². The number of nitrogens with zero attached hydrogens (tertiary/aromatic N) is 3. The number of aromatic nitrogens is 3. The highest BCUT2D eigenvalue weighted by Gasteiger charge is 2.09. The van der Waals surface area contributed by atoms with Gasteiger partial charge in [0.05, 0.1) is 19.0 Å². The molecule has 1 aromatic carbocycles. The second-order valence-electron chi connectivity index (χ2n) is 4.21. The van der Waals surface area contributed by atoms with Crippen LogP contribution in [0.5, 0.6) is 5.75 Å². The summed E-state index contributed by atoms with van der Waals surface area (Å²) in [5.74, 6) is 0.298. The van der Waals surface area contributed by atoms with Crippen LogP contribution in [-0.2, 0) is 11.3 Å². The molecule has 0 spiro atoms. The molecule has 0 radical (unpaired) electrons. The van der Waals surface area contributed by atoms with Crippen LogP contribution in [-0.4, -0.2) is 34.3 Å². The molecule has 0 aliphatic heterocycles. The molecule has 0 aliphatic rings. The van der Waals surface area contributed by atoms with E-state index in [-0.39, 0.29) is 18.1 Å². The maximum Gasteiger partial charge on any atom is 0.246 e. The van der Waals surface area contributed by atoms with Crippen molar-refractivity contribution in [2.24, 2.45) is 0 Å². The van der Waals surface area contributed by atoms with Gasteiger partial charge in [0.15, 0.2) is 6.29 Å². The van der Waals surface area contributed by atoms with Gasteiger partial charge >= 0.3 is 0 Å². The molecule has 7 heteroatoms. The van der Waals surface area contributed by atoms with E-state index in [0.717, 1.165) is 5.56 Å². The fourth-order valence-electron chi connectivity index (χ4n) is 1.70. The van der Waals surface area contributed by atoms with Gasteiger partial charge in [-0.15, -0.1) is 5.10 Å². The zero-order valence-corrected chi connectivity index (χ0v) is 11.2. The zero-order chi connectivity index (χ0) is 14.5. The minimum Gasteiger partial charge on any atom is -0.495 e. The van der Waals surface area contributed by atoms with Gasteiger partial charge in [-0.2, -0.15) is 0 Å². The summed E-state index contributed by atoms with van der Waals surface area (Å²) in [6, 6.07) is 5.49. The number of ether oxygens (including phenoxy) is 1. The largest absolute Gasteiger partial charge is 0.495 e. The molecule has 1 amide bonds. The molecule has 1 aromatic heterocycles. The number of methoxy groups -OCH3 is 1. The lowest BCUT2D eigenvalue weighted by Gasteiger charge is -2.10. The van der Waals surface area contributed by atoms with Crippen molar-refractivity contribution >= 4 is 17.9 Å². The number of aryl methyl sites for hydroxylation is 1. The van der Waals surface area contributed by atoms with Crippen molar-refractivity contribution in [2.75, 3.05) is 12.4 Å². The Bertz CT molecular complexity index is 636. The maximum atomic E-state index is 11.9. The average molecular weight is 274 g/mol. The van der Waals surface area contributed by atoms with Crippen molar-refractivity contribution in [2.45, 2.75) is 13.5 Å². The van der Waals surface area contributed by atoms with Crippen LogP contribution in [0.4, 0.5) is 5.69 Å². The first kappa shape index (κ1) is 13.7. The number of nitrogens with one attached hydrogen (secondary N) is 1. The highest BCUT2D eigenvalue weighted by Crippen LogP contribution is 2.25. The van der Waals surface area contributed by atoms with Crippen molar-refractivity contribution in [1.82, 2.24) is 15.0 Å². The lowest BCUT2D eigenvalue weighted by Crippen LogP contribution is -2.19. The fraction of sp³-hybridized carbons (Fsp3) is 0.231. The van der Waals surface area contributed by atoms with Gasteiger partial charge in [-0.25, -0.2) is 4.68 Å². The summed E-state index contributed by atoms with van der Waals surface area (Å²) in [6.45, 7) is 1.89. The Balaban J connectivity index is 2.07. The molecule has 0 bridgehead atoms. The molecule has 0 saturated heterocycles. The first-order chi connectivity index (χ1) is 9.62. The van der Waals surface area contributed by atoms with Gasteiger partial charge in [-0.1, -0.05) is 11.3 Å². The third kappa shape index (κ3) is 3.19. The predicted molar refractivity (Wildman–Crippen MR) is 71.8 cm³/mol. The first-order valence-corrected chi connectivity index (χ1v) is 5.92. The molecule has 7 nitrogen and oxygen atoms in total. The second kappa shape index (κ2) is 5.96. The molecule has 2 aromatic rings. The van der Waals surface area contributed by atoms with E-state index in [1.54, 1.807) is 6.07 Å². The molecule has 1 heterocycles. The number of anilines is 1. The summed E-state index contributed by atoms with van der Waals surface area (Å²) in [4.78, 5) is 22.4. The molecule has 104 valence electrons. The van der Waals surface area contributed by atoms with E-state index >= 15 is 0 Å². The summed E-state index contributed by atoms with van der Waals surface area (Å²) < 4.78 is 6.47. The van der Waals surface area contributed by atoms with Gasteiger partial charge in [0, 0.05) is 0 Å². The van der Waals surface area contributed by atoms with Gasteiger partial charge in [-0.05, 0) is 24.6 Å². The van der Waals surface area contributed by atoms with Crippen molar-refractivity contribution in [3.63, 3.8) is 0 Å². The lowest BCUT2D eigenvalue weighted by molar-refractivity contribution is -0.116. The Morgan fingerprint density at radius 3 is 2.95 bits per heavy atom. The van der Waals surface area contributed by atoms with Crippen molar-refractivity contribution in [3.8, 4) is 5.75 Å². The Kier molecular flexibility index (Phi) is 4.09. The molecule has 0 unspecified atom stereocenters. The summed E-state index contributed by atoms with van der Waals surface area (Å²) in [5.41, 5.74) is 1.78. The summed E-state index contributed by atoms with van der Waals surface area (Å²) >= 11 is 0. The van der Waals surface area contributed by atoms with Crippen LogP contribution < -0.4 is 10.1 Å². The fourth-order valence-corrected chi connectivity index (χ4v) is 1.70. The number of carbonyl (C=O) groups excluding carboxylic acids is 2. The predicted octanol–water partition coefficient (Wildman–Crippen LogP) is 1.05. The van der Waals surface area contributed by atoms with Crippen LogP contribution in [0.2, 0.25) is 0 Å². The molecule has 0 aliphatic carbocycles. The normalized spacial score (nSPS) is 10.1. The summed E-state index contributed by atoms with van der Waals surface area (Å²) in [7, 11) is 1.54. The first-order valence-electron chi connectivity index (χ1n) is 5.92. The average Bonchev–Trinajstić information content (AvgIpc) is 2.86. The topological polar surface area (TPSA) is 86.1 Å². The SMILES string of the molecule is COc1ccc(C)cc1NC(=O)Cn1cc(C=O)nn1. The number of aldehydes is 1. The molecule has 2 rings (SSSR count). The van der Waals surface area contributed by atoms with E-state index in [2.05, 4.69) is 15.6 Å². The molecule has 1 N–H and O–H groups in total. The molecule has 0 saturated carbocycles. The van der Waals surface area contributed by atoms with Crippen molar-refractivity contribution in [3.05, 3.63) is 35.7 Å². The van der Waals surface area contributed by atoms with Gasteiger partial charge in [-0.3, -0.25) is 9.59 Å². The van der Waals surface area contributed by atoms with Gasteiger partial charge in [0.1, 0.15) is 18.0 Å². The summed E-state index contributed by atoms with van der Waals surface area (Å²) in [6.07, 6.45) is 1.98. The van der Waals surface area contributed by atoms with E-state index in [9.17, 15) is 9.59 Å². The molecule has 0 atom stereocenters. The van der Waals surface area contributed by atoms with E-state index in [4.69, 9.17) is 4.74 Å². The smallest absolute Gasteiger partial charge is 0.246 e. The zero-order valence-electron chi connectivity index (χ0n) is 11.2. The Morgan fingerprint density at radius 1 is 1.50 bits per heavy atom. The van der Waals surface area contributed by atoms with E-state index in [1.165, 1.54) is 18.0 Å². The monoisotopic (exact) mass is 274 g/mol. The van der Waals surface area contributed by atoms with E-state index in [1.807, 2.05) is 19.1 Å². The molecular weight excluding hydrogens is 260 g/mol. The quantitative estimate of drug-likeness (QED) is 0.823. The Hall–Kier alpha value is -2.70. The number of hydrogen-bond acceptors (Lipinski definition) is 5. The number of amides is 1. The third-order valence-corrected chi connectivity index (χ3v) is 2.61. The molecule has 0 fully saturated rings. The van der Waals surface area contributed by atoms with Crippen molar-refractivity contribution < 1.29 is 14.3 Å². The number of hydrogen-bond donors (Lipinski definition) is 1.